The molecule has 13 rings (SSSR count). The molecule has 9 N–H and O–H groups in total. The van der Waals surface area contributed by atoms with Gasteiger partial charge in [0, 0.05) is 86.6 Å². The third-order valence-electron chi connectivity index (χ3n) is 19.9. The Morgan fingerprint density at radius 2 is 1.56 bits per heavy atom. The van der Waals surface area contributed by atoms with Crippen molar-refractivity contribution in [2.45, 2.75) is 147 Å². The molecule has 4 saturated carbocycles. The van der Waals surface area contributed by atoms with E-state index in [0.717, 1.165) is 70.5 Å². The van der Waals surface area contributed by atoms with Crippen LogP contribution in [0.15, 0.2) is 97.2 Å². The number of anilines is 3. The predicted molar refractivity (Wildman–Crippen MR) is 372 cm³/mol. The van der Waals surface area contributed by atoms with Crippen LogP contribution in [-0.2, 0) is 62.4 Å². The van der Waals surface area contributed by atoms with E-state index in [1.54, 1.807) is 24.4 Å². The lowest BCUT2D eigenvalue weighted by atomic mass is 9.39. The summed E-state index contributed by atoms with van der Waals surface area (Å²) in [5, 5.41) is 68.0. The molecule has 102 heavy (non-hydrogen) atoms. The number of aliphatic hydroxyl groups excluding tert-OH is 3. The number of benzene rings is 3. The van der Waals surface area contributed by atoms with Crippen molar-refractivity contribution in [2.24, 2.45) is 16.2 Å². The van der Waals surface area contributed by atoms with E-state index in [-0.39, 0.29) is 115 Å². The molecule has 3 aliphatic heterocycles. The van der Waals surface area contributed by atoms with E-state index >= 15 is 0 Å². The first-order valence-corrected chi connectivity index (χ1v) is 35.1. The summed E-state index contributed by atoms with van der Waals surface area (Å²) in [6.45, 7) is 9.31. The van der Waals surface area contributed by atoms with Gasteiger partial charge >= 0.3 is 18.0 Å². The van der Waals surface area contributed by atoms with Gasteiger partial charge in [0.05, 0.1) is 47.5 Å². The number of pyridine rings is 1. The molecule has 3 aromatic heterocycles. The van der Waals surface area contributed by atoms with Crippen LogP contribution in [0.2, 0.25) is 0 Å². The number of aliphatic hydroxyl groups is 3. The molecule has 540 valence electrons. The van der Waals surface area contributed by atoms with Crippen LogP contribution in [0.3, 0.4) is 0 Å². The molecule has 6 amide bonds. The van der Waals surface area contributed by atoms with Crippen molar-refractivity contribution in [2.75, 3.05) is 68.1 Å². The molecule has 0 radical (unpaired) electrons. The second kappa shape index (κ2) is 30.6. The number of carbonyl (C=O) groups is 8. The number of nitrogens with zero attached hydrogens (tertiary/aromatic N) is 6. The van der Waals surface area contributed by atoms with Crippen molar-refractivity contribution >= 4 is 91.8 Å². The molecule has 6 aromatic rings. The van der Waals surface area contributed by atoms with Crippen LogP contribution in [0, 0.1) is 23.2 Å². The molecule has 1 saturated heterocycles. The second-order valence-corrected chi connectivity index (χ2v) is 29.2. The average molecular weight is 1420 g/mol. The second-order valence-electron chi connectivity index (χ2n) is 28.2. The minimum atomic E-state index is -1.97. The highest BCUT2D eigenvalue weighted by Crippen LogP contribution is 2.72. The summed E-state index contributed by atoms with van der Waals surface area (Å²) in [4.78, 5) is 113. The van der Waals surface area contributed by atoms with Crippen LogP contribution < -0.4 is 30.9 Å². The molecule has 7 atom stereocenters. The van der Waals surface area contributed by atoms with Gasteiger partial charge in [0.15, 0.2) is 16.9 Å². The van der Waals surface area contributed by atoms with Crippen molar-refractivity contribution in [3.05, 3.63) is 131 Å². The summed E-state index contributed by atoms with van der Waals surface area (Å²) in [5.74, 6) is -4.29. The maximum Gasteiger partial charge on any atom is 0.407 e. The van der Waals surface area contributed by atoms with Gasteiger partial charge in [-0.2, -0.15) is 5.10 Å². The number of aromatic carboxylic acids is 1. The zero-order valence-corrected chi connectivity index (χ0v) is 57.7. The van der Waals surface area contributed by atoms with Crippen LogP contribution in [0.5, 0.6) is 5.75 Å². The standard InChI is InChI=1S/C73H84N10O18S/c1-43-48(46-18-20-54(79-59(46)65(92)93)81-28-24-45-12-9-13-47(49(45)35-81)64(91)80-68-78-50-14-6-7-15-53(50)102-68)34-76-83(43)42-72-37-70(2)36-71(3,38-72)40-73(39-70,41-72)99-32-31-97-30-26-75-69(96)98-29-10-11-44-17-19-52(100-67-62(90)60(88)61(89)63(101-67)66(94)95)51(33-44)77-56(85)23-25-74-55(84)16-5-4-8-27-82-57(86)21-22-58(82)87/h6-7,9-15,17-22,33-34,60-63,67,88-90H,4-5,8,16,23-32,35-42H2,1-3H3,(H,74,84)(H,75,96)(H,77,85)(H,92,93)(H,94,95)(H,78,80,91)/b11-10+/t60-,61-,62+,63-,67+,70?,71?,72?,73?/m0/s1. The van der Waals surface area contributed by atoms with Crippen molar-refractivity contribution in [3.8, 4) is 16.9 Å². The molecule has 4 bridgehead atoms. The van der Waals surface area contributed by atoms with Crippen LogP contribution >= 0.6 is 11.3 Å². The zero-order valence-electron chi connectivity index (χ0n) is 56.9. The molecule has 6 heterocycles. The number of aliphatic carboxylic acids is 1. The highest BCUT2D eigenvalue weighted by molar-refractivity contribution is 7.22. The Labute approximate surface area is 591 Å². The number of aromatic nitrogens is 4. The quantitative estimate of drug-likeness (QED) is 0.0159. The van der Waals surface area contributed by atoms with Gasteiger partial charge in [-0.25, -0.2) is 24.4 Å². The summed E-state index contributed by atoms with van der Waals surface area (Å²) in [7, 11) is 0. The number of alkyl carbamates (subject to hydrolysis) is 1. The van der Waals surface area contributed by atoms with E-state index in [1.165, 1.54) is 41.7 Å². The lowest BCUT2D eigenvalue weighted by Gasteiger charge is -2.69. The monoisotopic (exact) mass is 1420 g/mol. The van der Waals surface area contributed by atoms with Gasteiger partial charge in [0.25, 0.3) is 17.7 Å². The molecule has 5 fully saturated rings. The van der Waals surface area contributed by atoms with E-state index in [1.807, 2.05) is 65.0 Å². The van der Waals surface area contributed by atoms with Crippen LogP contribution in [0.25, 0.3) is 27.4 Å². The smallest absolute Gasteiger partial charge is 0.407 e. The Balaban J connectivity index is 0.601. The van der Waals surface area contributed by atoms with Gasteiger partial charge < -0.3 is 70.1 Å². The number of para-hydroxylation sites is 1. The fourth-order valence-corrected chi connectivity index (χ4v) is 17.4. The van der Waals surface area contributed by atoms with Gasteiger partial charge in [0.1, 0.15) is 36.5 Å². The van der Waals surface area contributed by atoms with Gasteiger partial charge in [0.2, 0.25) is 18.1 Å². The highest BCUT2D eigenvalue weighted by atomic mass is 32.1. The Morgan fingerprint density at radius 1 is 0.775 bits per heavy atom. The number of ether oxygens (including phenoxy) is 5. The topological polar surface area (TPSA) is 382 Å². The summed E-state index contributed by atoms with van der Waals surface area (Å²) < 4.78 is 32.3. The highest BCUT2D eigenvalue weighted by Gasteiger charge is 2.66. The first-order chi connectivity index (χ1) is 48.9. The van der Waals surface area contributed by atoms with E-state index in [2.05, 4.69) is 40.1 Å². The lowest BCUT2D eigenvalue weighted by Crippen LogP contribution is -2.64. The normalized spacial score (nSPS) is 24.9. The number of rotatable bonds is 30. The third-order valence-corrected chi connectivity index (χ3v) is 20.9. The van der Waals surface area contributed by atoms with Crippen LogP contribution in [0.1, 0.15) is 128 Å². The van der Waals surface area contributed by atoms with Gasteiger partial charge in [-0.3, -0.25) is 38.9 Å². The molecule has 7 aliphatic rings. The van der Waals surface area contributed by atoms with Gasteiger partial charge in [-0.1, -0.05) is 68.0 Å². The number of hydrogen-bond acceptors (Lipinski definition) is 21. The first-order valence-electron chi connectivity index (χ1n) is 34.3. The number of carboxylic acid groups (broad SMARTS) is 2. The lowest BCUT2D eigenvalue weighted by molar-refractivity contribution is -0.271. The molecule has 4 aliphatic carbocycles. The van der Waals surface area contributed by atoms with E-state index < -0.39 is 54.6 Å². The Kier molecular flexibility index (Phi) is 21.7. The molecule has 28 nitrogen and oxygen atoms in total. The SMILES string of the molecule is Cc1c(-c2ccc(N3CCc4cccc(C(=O)Nc5nc6ccccc6s5)c4C3)nc2C(=O)O)cnn1CC12CC3(C)CC(C)(C1)CC(OCCOCCNC(=O)OC/C=C/c1ccc(O[C@@H]4O[C@H](C(=O)O)[C@@H](O)[C@H](O)[C@H]4O)c(NC(=O)CCNC(=O)CCCCCN4C(=O)C=CC4=O)c1)(C3)C2. The van der Waals surface area contributed by atoms with Gasteiger partial charge in [-0.15, -0.1) is 0 Å². The number of nitrogens with one attached hydrogen (secondary N) is 4. The molecule has 0 spiro atoms. The maximum atomic E-state index is 13.8. The molecule has 3 aromatic carbocycles. The van der Waals surface area contributed by atoms with E-state index in [9.17, 15) is 63.9 Å². The summed E-state index contributed by atoms with van der Waals surface area (Å²) >= 11 is 1.41. The number of thiazole rings is 1. The van der Waals surface area contributed by atoms with E-state index in [4.69, 9.17) is 33.8 Å². The summed E-state index contributed by atoms with van der Waals surface area (Å²) in [5.41, 5.74) is 5.19. The summed E-state index contributed by atoms with van der Waals surface area (Å²) in [6.07, 6.45) is 4.95. The number of unbranched alkanes of at least 4 members (excludes halogenated alkanes) is 2. The van der Waals surface area contributed by atoms with Crippen molar-refractivity contribution in [1.29, 1.82) is 0 Å². The minimum Gasteiger partial charge on any atom is -0.479 e. The molecule has 29 heteroatoms. The maximum absolute atomic E-state index is 13.8. The fraction of sp³-hybridized carbons (Fsp3) is 0.466. The first kappa shape index (κ1) is 72.3. The van der Waals surface area contributed by atoms with Crippen LogP contribution in [0.4, 0.5) is 21.4 Å². The Hall–Kier alpha value is -9.49. The molecular formula is C73H84N10O18S. The molecular weight excluding hydrogens is 1340 g/mol. The predicted octanol–water partition coefficient (Wildman–Crippen LogP) is 7.17. The fourth-order valence-electron chi connectivity index (χ4n) is 16.6. The number of amides is 6. The largest absolute Gasteiger partial charge is 0.479 e. The van der Waals surface area contributed by atoms with Gasteiger partial charge in [-0.05, 0) is 146 Å². The number of imide groups is 1. The van der Waals surface area contributed by atoms with Crippen molar-refractivity contribution in [1.82, 2.24) is 35.3 Å². The summed E-state index contributed by atoms with van der Waals surface area (Å²) in [6, 6.07) is 21.5. The number of carboxylic acids is 2. The van der Waals surface area contributed by atoms with E-state index in [0.29, 0.717) is 85.1 Å². The zero-order chi connectivity index (χ0) is 72.1. The third kappa shape index (κ3) is 16.5. The van der Waals surface area contributed by atoms with Crippen molar-refractivity contribution in [3.63, 3.8) is 0 Å². The number of fused-ring (bicyclic) bond motifs is 2. The molecule has 2 unspecified atom stereocenters. The van der Waals surface area contributed by atoms with Crippen LogP contribution in [-0.4, -0.2) is 187 Å². The number of carbonyl (C=O) groups excluding carboxylic acids is 6. The Morgan fingerprint density at radius 3 is 2.32 bits per heavy atom. The average Bonchev–Trinajstić information content (AvgIpc) is 0.893. The Bertz CT molecular complexity index is 4200. The minimum absolute atomic E-state index is 0.0220. The van der Waals surface area contributed by atoms with Crippen molar-refractivity contribution < 1.29 is 87.6 Å². The number of hydrogen-bond donors (Lipinski definition) is 9.